The van der Waals surface area contributed by atoms with Crippen LogP contribution in [0.2, 0.25) is 0 Å². The van der Waals surface area contributed by atoms with Crippen LogP contribution in [-0.4, -0.2) is 66.1 Å². The summed E-state index contributed by atoms with van der Waals surface area (Å²) in [4.78, 5) is 16.0. The molecule has 7 heteroatoms. The maximum atomic E-state index is 4.91. The fourth-order valence-corrected chi connectivity index (χ4v) is 4.94. The molecule has 5 nitrogen and oxygen atoms in total. The van der Waals surface area contributed by atoms with Crippen LogP contribution in [0.15, 0.2) is 4.99 Å². The summed E-state index contributed by atoms with van der Waals surface area (Å²) in [5.41, 5.74) is 1.18. The quantitative estimate of drug-likeness (QED) is 0.390. The van der Waals surface area contributed by atoms with Crippen molar-refractivity contribution in [3.8, 4) is 0 Å². The number of halogens is 1. The molecule has 1 atom stereocenters. The lowest BCUT2D eigenvalue weighted by molar-refractivity contribution is 0.168. The van der Waals surface area contributed by atoms with Crippen molar-refractivity contribution < 1.29 is 0 Å². The molecule has 1 N–H and O–H groups in total. The van der Waals surface area contributed by atoms with Crippen LogP contribution in [-0.2, 0) is 6.42 Å². The molecule has 26 heavy (non-hydrogen) atoms. The first kappa shape index (κ1) is 21.9. The Morgan fingerprint density at radius 3 is 2.65 bits per heavy atom. The number of hydrogen-bond donors (Lipinski definition) is 1. The van der Waals surface area contributed by atoms with Crippen LogP contribution >= 0.6 is 35.3 Å². The van der Waals surface area contributed by atoms with Crippen LogP contribution in [0, 0.1) is 13.8 Å². The molecule has 0 amide bonds. The number of thiazole rings is 1. The van der Waals surface area contributed by atoms with Crippen molar-refractivity contribution >= 4 is 41.3 Å². The van der Waals surface area contributed by atoms with E-state index in [-0.39, 0.29) is 24.0 Å². The van der Waals surface area contributed by atoms with E-state index in [1.807, 2.05) is 11.3 Å². The molecule has 148 valence electrons. The minimum absolute atomic E-state index is 0. The van der Waals surface area contributed by atoms with Crippen molar-refractivity contribution in [3.63, 3.8) is 0 Å². The van der Waals surface area contributed by atoms with Gasteiger partial charge in [0.1, 0.15) is 0 Å². The Hall–Kier alpha value is -0.410. The molecule has 3 heterocycles. The number of piperidine rings is 1. The molecular formula is C19H34IN5S. The smallest absolute Gasteiger partial charge is 0.193 e. The Bertz CT molecular complexity index is 582. The van der Waals surface area contributed by atoms with E-state index in [0.717, 1.165) is 49.6 Å². The van der Waals surface area contributed by atoms with Gasteiger partial charge in [0, 0.05) is 43.5 Å². The number of rotatable bonds is 5. The van der Waals surface area contributed by atoms with Crippen molar-refractivity contribution in [2.45, 2.75) is 58.9 Å². The monoisotopic (exact) mass is 491 g/mol. The number of guanidine groups is 1. The second kappa shape index (κ2) is 10.8. The average Bonchev–Trinajstić information content (AvgIpc) is 3.22. The molecule has 1 aromatic rings. The summed E-state index contributed by atoms with van der Waals surface area (Å²) < 4.78 is 0. The zero-order valence-electron chi connectivity index (χ0n) is 16.5. The zero-order valence-corrected chi connectivity index (χ0v) is 19.6. The number of aryl methyl sites for hydroxylation is 2. The highest BCUT2D eigenvalue weighted by molar-refractivity contribution is 14.0. The molecular weight excluding hydrogens is 457 g/mol. The van der Waals surface area contributed by atoms with Crippen molar-refractivity contribution in [3.05, 3.63) is 15.6 Å². The highest BCUT2D eigenvalue weighted by atomic mass is 127. The lowest BCUT2D eigenvalue weighted by Gasteiger charge is -2.32. The molecule has 2 aliphatic rings. The molecule has 0 aromatic carbocycles. The summed E-state index contributed by atoms with van der Waals surface area (Å²) in [6, 6.07) is 0.718. The Morgan fingerprint density at radius 1 is 1.23 bits per heavy atom. The van der Waals surface area contributed by atoms with Gasteiger partial charge in [-0.2, -0.15) is 0 Å². The Kier molecular flexibility index (Phi) is 9.09. The molecule has 2 saturated heterocycles. The number of nitrogens with zero attached hydrogens (tertiary/aromatic N) is 4. The minimum atomic E-state index is 0. The fourth-order valence-electron chi connectivity index (χ4n) is 4.01. The van der Waals surface area contributed by atoms with Crippen LogP contribution < -0.4 is 5.32 Å². The summed E-state index contributed by atoms with van der Waals surface area (Å²) in [5.74, 6) is 1.10. The van der Waals surface area contributed by atoms with E-state index < -0.39 is 0 Å². The molecule has 0 saturated carbocycles. The second-order valence-corrected chi connectivity index (χ2v) is 8.50. The molecule has 3 rings (SSSR count). The average molecular weight is 491 g/mol. The highest BCUT2D eigenvalue weighted by Crippen LogP contribution is 2.21. The van der Waals surface area contributed by atoms with Gasteiger partial charge in [0.05, 0.1) is 10.7 Å². The van der Waals surface area contributed by atoms with Gasteiger partial charge >= 0.3 is 0 Å². The van der Waals surface area contributed by atoms with Gasteiger partial charge in [-0.1, -0.05) is 6.42 Å². The first-order valence-corrected chi connectivity index (χ1v) is 10.7. The number of hydrogen-bond acceptors (Lipinski definition) is 4. The summed E-state index contributed by atoms with van der Waals surface area (Å²) in [5, 5.41) is 4.66. The van der Waals surface area contributed by atoms with Gasteiger partial charge < -0.3 is 10.2 Å². The van der Waals surface area contributed by atoms with Crippen LogP contribution in [0.25, 0.3) is 0 Å². The van der Waals surface area contributed by atoms with Crippen molar-refractivity contribution in [1.29, 1.82) is 0 Å². The van der Waals surface area contributed by atoms with Gasteiger partial charge in [-0.15, -0.1) is 35.3 Å². The first-order chi connectivity index (χ1) is 12.2. The lowest BCUT2D eigenvalue weighted by atomic mass is 10.1. The molecule has 2 fully saturated rings. The maximum Gasteiger partial charge on any atom is 0.193 e. The SMILES string of the molecule is CCNC(=NCCc1sc(C)nc1C)N1CCC(N2CCCCC2)C1.I. The molecule has 2 aliphatic heterocycles. The normalized spacial score (nSPS) is 21.7. The van der Waals surface area contributed by atoms with Crippen molar-refractivity contribution in [2.75, 3.05) is 39.3 Å². The molecule has 0 spiro atoms. The standard InChI is InChI=1S/C19H33N5S.HI/c1-4-20-19(21-10-8-18-15(2)22-16(3)25-18)24-13-9-17(14-24)23-11-6-5-7-12-23;/h17H,4-14H2,1-3H3,(H,20,21);1H. The Morgan fingerprint density at radius 2 is 2.00 bits per heavy atom. The number of likely N-dealkylation sites (tertiary alicyclic amines) is 2. The van der Waals surface area contributed by atoms with E-state index in [2.05, 4.69) is 40.9 Å². The summed E-state index contributed by atoms with van der Waals surface area (Å²) in [7, 11) is 0. The van der Waals surface area contributed by atoms with Crippen LogP contribution in [0.1, 0.15) is 48.2 Å². The van der Waals surface area contributed by atoms with E-state index in [1.165, 1.54) is 49.3 Å². The van der Waals surface area contributed by atoms with Crippen LogP contribution in [0.4, 0.5) is 0 Å². The topological polar surface area (TPSA) is 43.8 Å². The predicted molar refractivity (Wildman–Crippen MR) is 122 cm³/mol. The molecule has 1 aromatic heterocycles. The second-order valence-electron chi connectivity index (χ2n) is 7.21. The van der Waals surface area contributed by atoms with E-state index in [9.17, 15) is 0 Å². The number of aliphatic imine (C=N–C) groups is 1. The summed E-state index contributed by atoms with van der Waals surface area (Å²) >= 11 is 1.81. The van der Waals surface area contributed by atoms with E-state index >= 15 is 0 Å². The Labute approximate surface area is 179 Å². The zero-order chi connectivity index (χ0) is 17.6. The van der Waals surface area contributed by atoms with Gasteiger partial charge in [0.2, 0.25) is 0 Å². The molecule has 0 aliphatic carbocycles. The maximum absolute atomic E-state index is 4.91. The lowest BCUT2D eigenvalue weighted by Crippen LogP contribution is -2.44. The molecule has 0 radical (unpaired) electrons. The highest BCUT2D eigenvalue weighted by Gasteiger charge is 2.29. The molecule has 1 unspecified atom stereocenters. The van der Waals surface area contributed by atoms with Crippen molar-refractivity contribution in [1.82, 2.24) is 20.1 Å². The van der Waals surface area contributed by atoms with Gasteiger partial charge in [-0.05, 0) is 53.1 Å². The van der Waals surface area contributed by atoms with E-state index in [1.54, 1.807) is 0 Å². The largest absolute Gasteiger partial charge is 0.357 e. The molecule has 0 bridgehead atoms. The summed E-state index contributed by atoms with van der Waals surface area (Å²) in [6.45, 7) is 13.0. The summed E-state index contributed by atoms with van der Waals surface area (Å²) in [6.07, 6.45) is 6.43. The third-order valence-corrected chi connectivity index (χ3v) is 6.44. The van der Waals surface area contributed by atoms with E-state index in [4.69, 9.17) is 4.99 Å². The fraction of sp³-hybridized carbons (Fsp3) is 0.789. The van der Waals surface area contributed by atoms with Crippen LogP contribution in [0.3, 0.4) is 0 Å². The minimum Gasteiger partial charge on any atom is -0.357 e. The van der Waals surface area contributed by atoms with Crippen LogP contribution in [0.5, 0.6) is 0 Å². The van der Waals surface area contributed by atoms with E-state index in [0.29, 0.717) is 0 Å². The first-order valence-electron chi connectivity index (χ1n) is 9.87. The van der Waals surface area contributed by atoms with Gasteiger partial charge in [-0.25, -0.2) is 4.98 Å². The third kappa shape index (κ3) is 5.79. The number of aromatic nitrogens is 1. The van der Waals surface area contributed by atoms with Gasteiger partial charge in [0.15, 0.2) is 5.96 Å². The van der Waals surface area contributed by atoms with Gasteiger partial charge in [-0.3, -0.25) is 9.89 Å². The third-order valence-electron chi connectivity index (χ3n) is 5.30. The number of nitrogens with one attached hydrogen (secondary N) is 1. The van der Waals surface area contributed by atoms with Crippen molar-refractivity contribution in [2.24, 2.45) is 4.99 Å². The van der Waals surface area contributed by atoms with Gasteiger partial charge in [0.25, 0.3) is 0 Å². The predicted octanol–water partition coefficient (Wildman–Crippen LogP) is 3.45. The Balaban J connectivity index is 0.00000243.